The lowest BCUT2D eigenvalue weighted by molar-refractivity contribution is -0.126. The van der Waals surface area contributed by atoms with Crippen LogP contribution in [0.25, 0.3) is 0 Å². The van der Waals surface area contributed by atoms with E-state index in [1.54, 1.807) is 0 Å². The number of hydrogen-bond donors (Lipinski definition) is 4. The number of carbonyl (C=O) groups is 2. The van der Waals surface area contributed by atoms with E-state index < -0.39 is 11.8 Å². The zero-order valence-corrected chi connectivity index (χ0v) is 9.44. The van der Waals surface area contributed by atoms with Gasteiger partial charge in [0.25, 0.3) is 11.8 Å². The molecule has 0 fully saturated rings. The van der Waals surface area contributed by atoms with Crippen LogP contribution >= 0.6 is 0 Å². The van der Waals surface area contributed by atoms with Gasteiger partial charge in [-0.1, -0.05) is 0 Å². The van der Waals surface area contributed by atoms with E-state index in [9.17, 15) is 9.59 Å². The smallest absolute Gasteiger partial charge is 0.259 e. The molecule has 0 radical (unpaired) electrons. The Bertz CT molecular complexity index is 204. The van der Waals surface area contributed by atoms with E-state index in [1.807, 2.05) is 10.9 Å². The fourth-order valence-corrected chi connectivity index (χ4v) is 0.751. The van der Waals surface area contributed by atoms with Crippen LogP contribution < -0.4 is 22.5 Å². The zero-order chi connectivity index (χ0) is 12.9. The lowest BCUT2D eigenvalue weighted by Crippen LogP contribution is -2.34. The molecule has 0 rings (SSSR count). The lowest BCUT2D eigenvalue weighted by Gasteiger charge is -2.05. The second-order valence-electron chi connectivity index (χ2n) is 2.85. The number of rotatable bonds is 10. The van der Waals surface area contributed by atoms with Crippen LogP contribution in [0.3, 0.4) is 0 Å². The van der Waals surface area contributed by atoms with Gasteiger partial charge in [0.15, 0.2) is 0 Å². The first-order valence-electron chi connectivity index (χ1n) is 4.92. The summed E-state index contributed by atoms with van der Waals surface area (Å²) in [5.74, 6) is 8.87. The van der Waals surface area contributed by atoms with Gasteiger partial charge in [0.2, 0.25) is 0 Å². The summed E-state index contributed by atoms with van der Waals surface area (Å²) in [6, 6.07) is 0. The van der Waals surface area contributed by atoms with Crippen molar-refractivity contribution in [2.24, 2.45) is 11.7 Å². The molecule has 9 heteroatoms. The Labute approximate surface area is 98.7 Å². The molecule has 0 atom stereocenters. The van der Waals surface area contributed by atoms with E-state index in [1.165, 1.54) is 0 Å². The van der Waals surface area contributed by atoms with Crippen LogP contribution in [0.2, 0.25) is 0 Å². The minimum absolute atomic E-state index is 0.104. The van der Waals surface area contributed by atoms with Gasteiger partial charge in [0.05, 0.1) is 26.4 Å². The van der Waals surface area contributed by atoms with Crippen LogP contribution in [-0.2, 0) is 23.8 Å². The van der Waals surface area contributed by atoms with Gasteiger partial charge in [0.1, 0.15) is 13.2 Å². The first-order valence-corrected chi connectivity index (χ1v) is 4.92. The standard InChI is InChI=1S/C8H18N4O5/c9-11-7(13)5-16-3-1-15-2-4-17-6-8(14)12-10/h1-6,9-10H2,(H,11,13)(H,12,14). The maximum atomic E-state index is 10.6. The molecular weight excluding hydrogens is 232 g/mol. The van der Waals surface area contributed by atoms with Gasteiger partial charge in [-0.05, 0) is 0 Å². The van der Waals surface area contributed by atoms with E-state index in [-0.39, 0.29) is 26.4 Å². The Morgan fingerprint density at radius 1 is 0.765 bits per heavy atom. The Morgan fingerprint density at radius 3 is 1.47 bits per heavy atom. The Kier molecular flexibility index (Phi) is 10.4. The number of ether oxygens (including phenoxy) is 3. The summed E-state index contributed by atoms with van der Waals surface area (Å²) >= 11 is 0. The second-order valence-corrected chi connectivity index (χ2v) is 2.85. The van der Waals surface area contributed by atoms with Crippen molar-refractivity contribution < 1.29 is 23.8 Å². The number of amides is 2. The third kappa shape index (κ3) is 11.0. The Morgan fingerprint density at radius 2 is 1.12 bits per heavy atom. The van der Waals surface area contributed by atoms with Crippen molar-refractivity contribution in [2.45, 2.75) is 0 Å². The summed E-state index contributed by atoms with van der Waals surface area (Å²) in [6.07, 6.45) is 0. The van der Waals surface area contributed by atoms with Crippen molar-refractivity contribution >= 4 is 11.8 Å². The van der Waals surface area contributed by atoms with Crippen LogP contribution in [0.15, 0.2) is 0 Å². The molecule has 0 unspecified atom stereocenters. The molecule has 17 heavy (non-hydrogen) atoms. The predicted octanol–water partition coefficient (Wildman–Crippen LogP) is -2.98. The average molecular weight is 250 g/mol. The monoisotopic (exact) mass is 250 g/mol. The molecule has 0 aliphatic heterocycles. The Hall–Kier alpha value is -1.26. The van der Waals surface area contributed by atoms with Gasteiger partial charge < -0.3 is 14.2 Å². The highest BCUT2D eigenvalue weighted by Crippen LogP contribution is 1.81. The first-order chi connectivity index (χ1) is 8.20. The SMILES string of the molecule is NNC(=O)COCCOCCOCC(=O)NN. The molecule has 0 saturated heterocycles. The fourth-order valence-electron chi connectivity index (χ4n) is 0.751. The lowest BCUT2D eigenvalue weighted by atomic mass is 10.6. The minimum Gasteiger partial charge on any atom is -0.377 e. The maximum Gasteiger partial charge on any atom is 0.259 e. The molecule has 6 N–H and O–H groups in total. The van der Waals surface area contributed by atoms with Crippen molar-refractivity contribution in [1.29, 1.82) is 0 Å². The highest BCUT2D eigenvalue weighted by Gasteiger charge is 1.98. The van der Waals surface area contributed by atoms with E-state index in [0.717, 1.165) is 0 Å². The van der Waals surface area contributed by atoms with Crippen LogP contribution in [0.5, 0.6) is 0 Å². The molecule has 0 saturated carbocycles. The molecule has 0 bridgehead atoms. The molecule has 2 amide bonds. The van der Waals surface area contributed by atoms with E-state index in [2.05, 4.69) is 0 Å². The first kappa shape index (κ1) is 15.7. The van der Waals surface area contributed by atoms with Gasteiger partial charge in [0, 0.05) is 0 Å². The molecule has 0 aliphatic carbocycles. The number of nitrogens with one attached hydrogen (secondary N) is 2. The summed E-state index contributed by atoms with van der Waals surface area (Å²) in [7, 11) is 0. The summed E-state index contributed by atoms with van der Waals surface area (Å²) in [6.45, 7) is 0.988. The third-order valence-electron chi connectivity index (χ3n) is 1.53. The van der Waals surface area contributed by atoms with Gasteiger partial charge in [-0.2, -0.15) is 0 Å². The average Bonchev–Trinajstić information content (AvgIpc) is 2.35. The van der Waals surface area contributed by atoms with Gasteiger partial charge >= 0.3 is 0 Å². The number of hydrogen-bond acceptors (Lipinski definition) is 7. The van der Waals surface area contributed by atoms with E-state index in [4.69, 9.17) is 25.9 Å². The number of nitrogens with two attached hydrogens (primary N) is 2. The summed E-state index contributed by atoms with van der Waals surface area (Å²) in [4.78, 5) is 21.2. The summed E-state index contributed by atoms with van der Waals surface area (Å²) in [5, 5.41) is 0. The molecule has 0 spiro atoms. The van der Waals surface area contributed by atoms with Crippen molar-refractivity contribution in [3.8, 4) is 0 Å². The topological polar surface area (TPSA) is 138 Å². The molecule has 9 nitrogen and oxygen atoms in total. The third-order valence-corrected chi connectivity index (χ3v) is 1.53. The molecule has 0 aliphatic rings. The molecule has 0 aromatic rings. The number of hydrazine groups is 2. The highest BCUT2D eigenvalue weighted by molar-refractivity contribution is 5.76. The second kappa shape index (κ2) is 11.2. The number of carbonyl (C=O) groups excluding carboxylic acids is 2. The minimum atomic E-state index is -0.402. The van der Waals surface area contributed by atoms with E-state index >= 15 is 0 Å². The molecule has 0 heterocycles. The maximum absolute atomic E-state index is 10.6. The zero-order valence-electron chi connectivity index (χ0n) is 9.44. The van der Waals surface area contributed by atoms with Crippen LogP contribution in [0.4, 0.5) is 0 Å². The Balaban J connectivity index is 3.08. The highest BCUT2D eigenvalue weighted by atomic mass is 16.5. The van der Waals surface area contributed by atoms with Crippen LogP contribution in [-0.4, -0.2) is 51.5 Å². The van der Waals surface area contributed by atoms with Gasteiger partial charge in [-0.25, -0.2) is 11.7 Å². The van der Waals surface area contributed by atoms with Crippen molar-refractivity contribution in [3.63, 3.8) is 0 Å². The largest absolute Gasteiger partial charge is 0.377 e. The van der Waals surface area contributed by atoms with Crippen molar-refractivity contribution in [3.05, 3.63) is 0 Å². The molecule has 0 aromatic carbocycles. The van der Waals surface area contributed by atoms with Crippen molar-refractivity contribution in [2.75, 3.05) is 39.6 Å². The van der Waals surface area contributed by atoms with E-state index in [0.29, 0.717) is 13.2 Å². The summed E-state index contributed by atoms with van der Waals surface area (Å²) in [5.41, 5.74) is 3.85. The van der Waals surface area contributed by atoms with Gasteiger partial charge in [-0.3, -0.25) is 20.4 Å². The van der Waals surface area contributed by atoms with Crippen LogP contribution in [0, 0.1) is 0 Å². The predicted molar refractivity (Wildman–Crippen MR) is 57.1 cm³/mol. The van der Waals surface area contributed by atoms with Crippen molar-refractivity contribution in [1.82, 2.24) is 10.9 Å². The molecular formula is C8H18N4O5. The summed E-state index contributed by atoms with van der Waals surface area (Å²) < 4.78 is 14.9. The quantitative estimate of drug-likeness (QED) is 0.140. The van der Waals surface area contributed by atoms with Gasteiger partial charge in [-0.15, -0.1) is 0 Å². The molecule has 100 valence electrons. The fraction of sp³-hybridized carbons (Fsp3) is 0.750. The molecule has 0 aromatic heterocycles. The normalized spacial score (nSPS) is 10.0. The van der Waals surface area contributed by atoms with Crippen LogP contribution in [0.1, 0.15) is 0 Å².